The van der Waals surface area contributed by atoms with Gasteiger partial charge in [0.05, 0.1) is 56.4 Å². The molecule has 0 bridgehead atoms. The minimum Gasteiger partial charge on any atom is -0.487 e. The van der Waals surface area contributed by atoms with Gasteiger partial charge < -0.3 is 24.3 Å². The predicted octanol–water partition coefficient (Wildman–Crippen LogP) is 4.42. The monoisotopic (exact) mass is 683 g/mol. The van der Waals surface area contributed by atoms with Crippen LogP contribution >= 0.6 is 0 Å². The number of tetrazole rings is 1. The summed E-state index contributed by atoms with van der Waals surface area (Å²) in [7, 11) is 0. The molecular weight excluding hydrogens is 638 g/mol. The molecule has 3 fully saturated rings. The van der Waals surface area contributed by atoms with Gasteiger partial charge in [-0.05, 0) is 81.0 Å². The zero-order valence-corrected chi connectivity index (χ0v) is 28.9. The quantitative estimate of drug-likeness (QED) is 0.211. The Morgan fingerprint density at radius 3 is 2.48 bits per heavy atom. The Balaban J connectivity index is 1.02. The van der Waals surface area contributed by atoms with E-state index in [0.29, 0.717) is 54.3 Å². The highest BCUT2D eigenvalue weighted by atomic mass is 16.5. The van der Waals surface area contributed by atoms with Crippen molar-refractivity contribution in [2.75, 3.05) is 38.2 Å². The van der Waals surface area contributed by atoms with Gasteiger partial charge in [-0.1, -0.05) is 6.07 Å². The van der Waals surface area contributed by atoms with Crippen molar-refractivity contribution in [3.63, 3.8) is 0 Å². The number of anilines is 2. The van der Waals surface area contributed by atoms with Gasteiger partial charge in [0.2, 0.25) is 5.95 Å². The first-order chi connectivity index (χ1) is 24.4. The van der Waals surface area contributed by atoms with Gasteiger partial charge in [0.1, 0.15) is 29.9 Å². The van der Waals surface area contributed by atoms with Gasteiger partial charge in [-0.15, -0.1) is 10.2 Å². The zero-order chi connectivity index (χ0) is 34.5. The summed E-state index contributed by atoms with van der Waals surface area (Å²) < 4.78 is 27.3. The van der Waals surface area contributed by atoms with E-state index in [-0.39, 0.29) is 18.3 Å². The van der Waals surface area contributed by atoms with Crippen molar-refractivity contribution in [3.8, 4) is 28.8 Å². The standard InChI is InChI=1S/C35H45N11O4/c1-23-16-44(17-24(2)49-23)30-6-8-31(9-7-30)46-19-32(34(41-46)48-11-10-26-20-47-21-26)40-35-37-14-29(15-38-35)27-4-5-28(13-36)33(12-27)50-25(3)18-45-22-39-42-43-45/h4-5,12,14-15,19,22-26,30-31H,6-11,16-18,20-21H2,1-3H3,(H,37,38,40)/t23-,24+,25?,30?,31?. The van der Waals surface area contributed by atoms with E-state index in [0.717, 1.165) is 75.2 Å². The summed E-state index contributed by atoms with van der Waals surface area (Å²) in [6, 6.07) is 8.52. The van der Waals surface area contributed by atoms with Gasteiger partial charge in [-0.25, -0.2) is 14.6 Å². The van der Waals surface area contributed by atoms with Crippen molar-refractivity contribution >= 4 is 11.6 Å². The van der Waals surface area contributed by atoms with Crippen LogP contribution in [0.15, 0.2) is 43.1 Å². The van der Waals surface area contributed by atoms with E-state index in [9.17, 15) is 5.26 Å². The second-order valence-corrected chi connectivity index (χ2v) is 13.7. The lowest BCUT2D eigenvalue weighted by Crippen LogP contribution is -2.51. The number of rotatable bonds is 13. The minimum absolute atomic E-state index is 0.268. The van der Waals surface area contributed by atoms with Gasteiger partial charge in [-0.3, -0.25) is 9.58 Å². The molecule has 1 unspecified atom stereocenters. The summed E-state index contributed by atoms with van der Waals surface area (Å²) in [5.41, 5.74) is 2.79. The number of hydrogen-bond acceptors (Lipinski definition) is 13. The van der Waals surface area contributed by atoms with Crippen LogP contribution in [-0.2, 0) is 16.0 Å². The Morgan fingerprint density at radius 1 is 1.04 bits per heavy atom. The van der Waals surface area contributed by atoms with Crippen molar-refractivity contribution in [2.45, 2.75) is 89.8 Å². The molecule has 264 valence electrons. The molecule has 15 nitrogen and oxygen atoms in total. The molecule has 1 N–H and O–H groups in total. The zero-order valence-electron chi connectivity index (χ0n) is 28.9. The molecule has 2 saturated heterocycles. The summed E-state index contributed by atoms with van der Waals surface area (Å²) in [5, 5.41) is 29.2. The number of benzene rings is 1. The number of hydrogen-bond donors (Lipinski definition) is 1. The molecule has 50 heavy (non-hydrogen) atoms. The lowest BCUT2D eigenvalue weighted by Gasteiger charge is -2.42. The number of nitrogens with one attached hydrogen (secondary N) is 1. The summed E-state index contributed by atoms with van der Waals surface area (Å²) in [6.07, 6.45) is 12.7. The molecule has 5 heterocycles. The lowest BCUT2D eigenvalue weighted by molar-refractivity contribution is -0.0852. The van der Waals surface area contributed by atoms with E-state index in [1.165, 1.54) is 6.33 Å². The van der Waals surface area contributed by atoms with Crippen LogP contribution in [-0.4, -0.2) is 102 Å². The Morgan fingerprint density at radius 2 is 1.80 bits per heavy atom. The Bertz CT molecular complexity index is 1720. The van der Waals surface area contributed by atoms with Gasteiger partial charge in [0.25, 0.3) is 5.88 Å². The molecule has 0 amide bonds. The molecular formula is C35H45N11O4. The fraction of sp³-hybridized carbons (Fsp3) is 0.571. The molecule has 0 radical (unpaired) electrons. The summed E-state index contributed by atoms with van der Waals surface area (Å²) in [5.74, 6) is 2.00. The average molecular weight is 684 g/mol. The highest BCUT2D eigenvalue weighted by Crippen LogP contribution is 2.36. The van der Waals surface area contributed by atoms with Gasteiger partial charge >= 0.3 is 0 Å². The van der Waals surface area contributed by atoms with Crippen LogP contribution in [0.3, 0.4) is 0 Å². The molecule has 2 aliphatic heterocycles. The van der Waals surface area contributed by atoms with Crippen LogP contribution in [0.5, 0.6) is 11.6 Å². The Hall–Kier alpha value is -4.65. The number of aromatic nitrogens is 8. The van der Waals surface area contributed by atoms with Crippen molar-refractivity contribution in [2.24, 2.45) is 5.92 Å². The van der Waals surface area contributed by atoms with Crippen LogP contribution in [0.4, 0.5) is 11.6 Å². The number of morpholine rings is 1. The third kappa shape index (κ3) is 8.20. The van der Waals surface area contributed by atoms with Gasteiger partial charge in [0, 0.05) is 43.0 Å². The van der Waals surface area contributed by atoms with Crippen LogP contribution < -0.4 is 14.8 Å². The first-order valence-electron chi connectivity index (χ1n) is 17.6. The number of ether oxygens (including phenoxy) is 4. The second kappa shape index (κ2) is 15.5. The fourth-order valence-electron chi connectivity index (χ4n) is 7.07. The highest BCUT2D eigenvalue weighted by Gasteiger charge is 2.32. The van der Waals surface area contributed by atoms with Gasteiger partial charge in [-0.2, -0.15) is 5.26 Å². The smallest absolute Gasteiger partial charge is 0.256 e. The predicted molar refractivity (Wildman–Crippen MR) is 183 cm³/mol. The van der Waals surface area contributed by atoms with E-state index >= 15 is 0 Å². The molecule has 1 aromatic carbocycles. The van der Waals surface area contributed by atoms with Crippen molar-refractivity contribution in [1.29, 1.82) is 5.26 Å². The normalized spacial score (nSPS) is 23.5. The van der Waals surface area contributed by atoms with E-state index in [1.54, 1.807) is 23.1 Å². The molecule has 3 atom stereocenters. The minimum atomic E-state index is -0.268. The van der Waals surface area contributed by atoms with Crippen LogP contribution in [0.2, 0.25) is 0 Å². The third-order valence-corrected chi connectivity index (χ3v) is 9.67. The maximum absolute atomic E-state index is 9.68. The third-order valence-electron chi connectivity index (χ3n) is 9.67. The fourth-order valence-corrected chi connectivity index (χ4v) is 7.07. The molecule has 3 aromatic heterocycles. The van der Waals surface area contributed by atoms with Crippen LogP contribution in [0.1, 0.15) is 64.5 Å². The first-order valence-corrected chi connectivity index (χ1v) is 17.6. The SMILES string of the molecule is CC(Cn1cnnn1)Oc1cc(-c2cnc(Nc3cn(C4CCC(N5C[C@@H](C)O[C@@H](C)C5)CC4)nc3OCCC3COC3)nc2)ccc1C#N. The van der Waals surface area contributed by atoms with Crippen molar-refractivity contribution in [3.05, 3.63) is 48.7 Å². The molecule has 3 aliphatic rings. The highest BCUT2D eigenvalue weighted by molar-refractivity contribution is 5.67. The van der Waals surface area contributed by atoms with Crippen molar-refractivity contribution < 1.29 is 18.9 Å². The maximum atomic E-state index is 9.68. The Kier molecular flexibility index (Phi) is 10.5. The molecule has 7 rings (SSSR count). The van der Waals surface area contributed by atoms with Gasteiger partial charge in [0.15, 0.2) is 0 Å². The van der Waals surface area contributed by atoms with E-state index in [4.69, 9.17) is 24.0 Å². The number of nitrogens with zero attached hydrogens (tertiary/aromatic N) is 10. The summed E-state index contributed by atoms with van der Waals surface area (Å²) in [6.45, 7) is 10.8. The van der Waals surface area contributed by atoms with Crippen LogP contribution in [0, 0.1) is 17.2 Å². The molecule has 0 spiro atoms. The number of nitriles is 1. The van der Waals surface area contributed by atoms with E-state index < -0.39 is 0 Å². The summed E-state index contributed by atoms with van der Waals surface area (Å²) in [4.78, 5) is 11.9. The Labute approximate surface area is 291 Å². The molecule has 1 saturated carbocycles. The topological polar surface area (TPSA) is 163 Å². The average Bonchev–Trinajstić information content (AvgIpc) is 3.76. The summed E-state index contributed by atoms with van der Waals surface area (Å²) >= 11 is 0. The molecule has 4 aromatic rings. The van der Waals surface area contributed by atoms with E-state index in [2.05, 4.69) is 60.3 Å². The van der Waals surface area contributed by atoms with E-state index in [1.807, 2.05) is 25.3 Å². The second-order valence-electron chi connectivity index (χ2n) is 13.7. The van der Waals surface area contributed by atoms with Crippen LogP contribution in [0.25, 0.3) is 11.1 Å². The van der Waals surface area contributed by atoms with Crippen molar-refractivity contribution in [1.82, 2.24) is 44.9 Å². The molecule has 15 heteroatoms. The largest absolute Gasteiger partial charge is 0.487 e. The first kappa shape index (κ1) is 33.8. The maximum Gasteiger partial charge on any atom is 0.256 e. The molecule has 1 aliphatic carbocycles. The lowest BCUT2D eigenvalue weighted by atomic mass is 9.89.